The monoisotopic (exact) mass is 285 g/mol. The van der Waals surface area contributed by atoms with Crippen LogP contribution in [0.3, 0.4) is 0 Å². The Morgan fingerprint density at radius 2 is 2.05 bits per heavy atom. The van der Waals surface area contributed by atoms with Crippen LogP contribution in [0.25, 0.3) is 0 Å². The summed E-state index contributed by atoms with van der Waals surface area (Å²) >= 11 is 1.78. The van der Waals surface area contributed by atoms with E-state index in [1.54, 1.807) is 11.3 Å². The lowest BCUT2D eigenvalue weighted by atomic mass is 9.71. The molecule has 0 fully saturated rings. The predicted molar refractivity (Wildman–Crippen MR) is 87.3 cm³/mol. The molecule has 0 radical (unpaired) electrons. The molecule has 0 bridgehead atoms. The Morgan fingerprint density at radius 3 is 2.80 bits per heavy atom. The average molecular weight is 285 g/mol. The van der Waals surface area contributed by atoms with Gasteiger partial charge in [-0.1, -0.05) is 38.1 Å². The zero-order valence-corrected chi connectivity index (χ0v) is 13.3. The van der Waals surface area contributed by atoms with Crippen molar-refractivity contribution >= 4 is 11.3 Å². The van der Waals surface area contributed by atoms with Crippen LogP contribution in [-0.2, 0) is 5.41 Å². The zero-order valence-electron chi connectivity index (χ0n) is 12.5. The van der Waals surface area contributed by atoms with Crippen molar-refractivity contribution in [1.29, 1.82) is 0 Å². The Balaban J connectivity index is 1.85. The van der Waals surface area contributed by atoms with Crippen molar-refractivity contribution in [3.05, 3.63) is 57.8 Å². The van der Waals surface area contributed by atoms with Gasteiger partial charge in [0, 0.05) is 12.1 Å². The van der Waals surface area contributed by atoms with Gasteiger partial charge in [0.2, 0.25) is 0 Å². The minimum absolute atomic E-state index is 0.306. The van der Waals surface area contributed by atoms with Gasteiger partial charge in [-0.15, -0.1) is 0 Å². The van der Waals surface area contributed by atoms with Crippen molar-refractivity contribution in [3.8, 4) is 0 Å². The summed E-state index contributed by atoms with van der Waals surface area (Å²) in [6.07, 6.45) is 2.47. The van der Waals surface area contributed by atoms with Gasteiger partial charge in [-0.05, 0) is 58.7 Å². The second-order valence-electron chi connectivity index (χ2n) is 6.51. The molecule has 0 saturated carbocycles. The third-order valence-corrected chi connectivity index (χ3v) is 5.32. The van der Waals surface area contributed by atoms with Crippen LogP contribution in [0.4, 0.5) is 0 Å². The van der Waals surface area contributed by atoms with Crippen molar-refractivity contribution in [3.63, 3.8) is 0 Å². The molecule has 1 N–H and O–H groups in total. The molecule has 0 aliphatic heterocycles. The third-order valence-electron chi connectivity index (χ3n) is 4.62. The first-order valence-corrected chi connectivity index (χ1v) is 8.40. The second kappa shape index (κ2) is 5.34. The number of hydrogen-bond donors (Lipinski definition) is 1. The minimum atomic E-state index is 0.306. The highest BCUT2D eigenvalue weighted by molar-refractivity contribution is 7.07. The van der Waals surface area contributed by atoms with E-state index in [-0.39, 0.29) is 0 Å². The summed E-state index contributed by atoms with van der Waals surface area (Å²) in [6.45, 7) is 7.00. The van der Waals surface area contributed by atoms with E-state index in [9.17, 15) is 0 Å². The Labute approximate surface area is 126 Å². The van der Waals surface area contributed by atoms with Crippen LogP contribution in [0.1, 0.15) is 62.4 Å². The molecule has 1 heterocycles. The summed E-state index contributed by atoms with van der Waals surface area (Å²) in [6, 6.07) is 12.1. The van der Waals surface area contributed by atoms with E-state index < -0.39 is 0 Å². The molecule has 1 aromatic heterocycles. The molecule has 2 unspecified atom stereocenters. The van der Waals surface area contributed by atoms with Gasteiger partial charge in [0.05, 0.1) is 0 Å². The third kappa shape index (κ3) is 2.55. The fraction of sp³-hybridized carbons (Fsp3) is 0.444. The van der Waals surface area contributed by atoms with Crippen LogP contribution in [0, 0.1) is 0 Å². The Kier molecular flexibility index (Phi) is 3.70. The number of thiophene rings is 1. The fourth-order valence-electron chi connectivity index (χ4n) is 3.31. The zero-order chi connectivity index (χ0) is 14.2. The summed E-state index contributed by atoms with van der Waals surface area (Å²) in [5.74, 6) is 0. The summed E-state index contributed by atoms with van der Waals surface area (Å²) in [4.78, 5) is 0. The Bertz CT molecular complexity index is 571. The molecule has 1 aliphatic carbocycles. The van der Waals surface area contributed by atoms with E-state index in [0.29, 0.717) is 17.5 Å². The summed E-state index contributed by atoms with van der Waals surface area (Å²) in [5, 5.41) is 8.23. The number of rotatable bonds is 3. The smallest absolute Gasteiger partial charge is 0.0328 e. The summed E-state index contributed by atoms with van der Waals surface area (Å²) < 4.78 is 0. The number of nitrogens with one attached hydrogen (secondary N) is 1. The lowest BCUT2D eigenvalue weighted by Gasteiger charge is -2.38. The molecule has 0 spiro atoms. The van der Waals surface area contributed by atoms with Gasteiger partial charge in [0.1, 0.15) is 0 Å². The standard InChI is InChI=1S/C18H23NS/c1-13(14-9-11-20-12-14)19-17-8-10-18(2,3)16-7-5-4-6-15(16)17/h4-7,9,11-13,17,19H,8,10H2,1-3H3. The van der Waals surface area contributed by atoms with Crippen LogP contribution >= 0.6 is 11.3 Å². The molecule has 3 rings (SSSR count). The van der Waals surface area contributed by atoms with Crippen molar-refractivity contribution in [1.82, 2.24) is 5.32 Å². The van der Waals surface area contributed by atoms with Crippen LogP contribution in [0.15, 0.2) is 41.1 Å². The minimum Gasteiger partial charge on any atom is -0.303 e. The quantitative estimate of drug-likeness (QED) is 0.816. The molecule has 2 atom stereocenters. The fourth-order valence-corrected chi connectivity index (χ4v) is 4.06. The van der Waals surface area contributed by atoms with Gasteiger partial charge in [-0.25, -0.2) is 0 Å². The molecular formula is C18H23NS. The molecule has 1 aliphatic rings. The highest BCUT2D eigenvalue weighted by Crippen LogP contribution is 2.42. The van der Waals surface area contributed by atoms with Crippen molar-refractivity contribution in [2.24, 2.45) is 0 Å². The lowest BCUT2D eigenvalue weighted by Crippen LogP contribution is -2.33. The maximum atomic E-state index is 3.82. The first kappa shape index (κ1) is 13.8. The van der Waals surface area contributed by atoms with Crippen molar-refractivity contribution < 1.29 is 0 Å². The van der Waals surface area contributed by atoms with Crippen LogP contribution in [0.5, 0.6) is 0 Å². The van der Waals surface area contributed by atoms with Gasteiger partial charge < -0.3 is 5.32 Å². The van der Waals surface area contributed by atoms with E-state index in [4.69, 9.17) is 0 Å². The molecule has 0 saturated heterocycles. The summed E-state index contributed by atoms with van der Waals surface area (Å²) in [5.41, 5.74) is 4.71. The summed E-state index contributed by atoms with van der Waals surface area (Å²) in [7, 11) is 0. The van der Waals surface area contributed by atoms with Crippen LogP contribution in [-0.4, -0.2) is 0 Å². The molecule has 1 nitrogen and oxygen atoms in total. The Hall–Kier alpha value is -1.12. The molecule has 2 aromatic rings. The maximum absolute atomic E-state index is 3.82. The normalized spacial score (nSPS) is 22.2. The van der Waals surface area contributed by atoms with Crippen LogP contribution < -0.4 is 5.32 Å². The molecular weight excluding hydrogens is 262 g/mol. The second-order valence-corrected chi connectivity index (χ2v) is 7.29. The van der Waals surface area contributed by atoms with Crippen molar-refractivity contribution in [2.75, 3.05) is 0 Å². The first-order chi connectivity index (χ1) is 9.58. The predicted octanol–water partition coefficient (Wildman–Crippen LogP) is 5.21. The topological polar surface area (TPSA) is 12.0 Å². The maximum Gasteiger partial charge on any atom is 0.0328 e. The SMILES string of the molecule is CC(NC1CCC(C)(C)c2ccccc21)c1ccsc1. The van der Waals surface area contributed by atoms with Crippen LogP contribution in [0.2, 0.25) is 0 Å². The molecule has 20 heavy (non-hydrogen) atoms. The highest BCUT2D eigenvalue weighted by atomic mass is 32.1. The van der Waals surface area contributed by atoms with E-state index in [1.807, 2.05) is 0 Å². The highest BCUT2D eigenvalue weighted by Gasteiger charge is 2.32. The lowest BCUT2D eigenvalue weighted by molar-refractivity contribution is 0.340. The van der Waals surface area contributed by atoms with E-state index in [1.165, 1.54) is 29.5 Å². The number of fused-ring (bicyclic) bond motifs is 1. The molecule has 106 valence electrons. The van der Waals surface area contributed by atoms with E-state index in [0.717, 1.165) is 0 Å². The molecule has 2 heteroatoms. The average Bonchev–Trinajstić information content (AvgIpc) is 2.96. The van der Waals surface area contributed by atoms with Crippen molar-refractivity contribution in [2.45, 2.75) is 51.1 Å². The van der Waals surface area contributed by atoms with E-state index >= 15 is 0 Å². The molecule has 1 aromatic carbocycles. The van der Waals surface area contributed by atoms with Gasteiger partial charge in [0.15, 0.2) is 0 Å². The Morgan fingerprint density at radius 1 is 1.25 bits per heavy atom. The van der Waals surface area contributed by atoms with Gasteiger partial charge >= 0.3 is 0 Å². The van der Waals surface area contributed by atoms with Gasteiger partial charge in [-0.3, -0.25) is 0 Å². The van der Waals surface area contributed by atoms with Gasteiger partial charge in [-0.2, -0.15) is 11.3 Å². The van der Waals surface area contributed by atoms with Gasteiger partial charge in [0.25, 0.3) is 0 Å². The largest absolute Gasteiger partial charge is 0.303 e. The first-order valence-electron chi connectivity index (χ1n) is 7.45. The number of benzene rings is 1. The molecule has 0 amide bonds. The number of hydrogen-bond acceptors (Lipinski definition) is 2. The van der Waals surface area contributed by atoms with E-state index in [2.05, 4.69) is 67.2 Å².